The molecule has 1 atom stereocenters. The van der Waals surface area contributed by atoms with Gasteiger partial charge in [0.15, 0.2) is 0 Å². The fraction of sp³-hybridized carbons (Fsp3) is 0.154. The van der Waals surface area contributed by atoms with E-state index in [1.165, 1.54) is 11.1 Å². The highest BCUT2D eigenvalue weighted by Crippen LogP contribution is 2.28. The summed E-state index contributed by atoms with van der Waals surface area (Å²) in [5, 5.41) is 4.16. The van der Waals surface area contributed by atoms with E-state index in [9.17, 15) is 4.79 Å². The molecule has 0 aliphatic carbocycles. The molecule has 0 N–H and O–H groups in total. The summed E-state index contributed by atoms with van der Waals surface area (Å²) >= 11 is 1.67. The molecule has 1 nitrogen and oxygen atoms in total. The number of rotatable bonds is 4. The van der Waals surface area contributed by atoms with Crippen LogP contribution in [0.1, 0.15) is 23.5 Å². The first-order valence-corrected chi connectivity index (χ1v) is 5.87. The van der Waals surface area contributed by atoms with E-state index in [0.29, 0.717) is 6.42 Å². The standard InChI is InChI=1S/C13H12OS/c14-8-6-13(12-7-9-15-10-12)11-4-2-1-3-5-11/h1-5,7-10,13H,6H2/t13-/m0/s1. The van der Waals surface area contributed by atoms with Crippen LogP contribution in [0, 0.1) is 0 Å². The van der Waals surface area contributed by atoms with Crippen LogP contribution in [-0.4, -0.2) is 6.29 Å². The number of hydrogen-bond donors (Lipinski definition) is 0. The Bertz CT molecular complexity index is 405. The van der Waals surface area contributed by atoms with Crippen molar-refractivity contribution < 1.29 is 4.79 Å². The molecule has 0 spiro atoms. The van der Waals surface area contributed by atoms with Crippen LogP contribution in [0.4, 0.5) is 0 Å². The summed E-state index contributed by atoms with van der Waals surface area (Å²) in [7, 11) is 0. The van der Waals surface area contributed by atoms with Crippen LogP contribution in [0.2, 0.25) is 0 Å². The first-order valence-electron chi connectivity index (χ1n) is 4.92. The molecule has 15 heavy (non-hydrogen) atoms. The SMILES string of the molecule is O=CC[C@@H](c1ccccc1)c1ccsc1. The zero-order valence-electron chi connectivity index (χ0n) is 8.30. The molecule has 76 valence electrons. The van der Waals surface area contributed by atoms with Crippen LogP contribution in [0.3, 0.4) is 0 Å². The van der Waals surface area contributed by atoms with Crippen LogP contribution in [-0.2, 0) is 4.79 Å². The third-order valence-electron chi connectivity index (χ3n) is 2.48. The smallest absolute Gasteiger partial charge is 0.120 e. The van der Waals surface area contributed by atoms with Crippen LogP contribution in [0.5, 0.6) is 0 Å². The summed E-state index contributed by atoms with van der Waals surface area (Å²) in [5.74, 6) is 0.218. The number of carbonyl (C=O) groups excluding carboxylic acids is 1. The molecule has 2 aromatic rings. The van der Waals surface area contributed by atoms with E-state index in [1.807, 2.05) is 18.2 Å². The summed E-state index contributed by atoms with van der Waals surface area (Å²) in [6, 6.07) is 12.3. The number of thiophene rings is 1. The van der Waals surface area contributed by atoms with E-state index < -0.39 is 0 Å². The van der Waals surface area contributed by atoms with E-state index in [0.717, 1.165) is 6.29 Å². The number of hydrogen-bond acceptors (Lipinski definition) is 2. The van der Waals surface area contributed by atoms with Gasteiger partial charge >= 0.3 is 0 Å². The summed E-state index contributed by atoms with van der Waals surface area (Å²) in [6.07, 6.45) is 1.55. The first kappa shape index (κ1) is 10.1. The second-order valence-corrected chi connectivity index (χ2v) is 4.20. The van der Waals surface area contributed by atoms with Crippen molar-refractivity contribution in [2.45, 2.75) is 12.3 Å². The molecule has 2 rings (SSSR count). The number of aldehydes is 1. The van der Waals surface area contributed by atoms with Crippen molar-refractivity contribution in [3.63, 3.8) is 0 Å². The van der Waals surface area contributed by atoms with Crippen molar-refractivity contribution in [1.29, 1.82) is 0 Å². The zero-order chi connectivity index (χ0) is 10.5. The van der Waals surface area contributed by atoms with E-state index in [4.69, 9.17) is 0 Å². The van der Waals surface area contributed by atoms with Crippen LogP contribution >= 0.6 is 11.3 Å². The Kier molecular flexibility index (Phi) is 3.30. The highest BCUT2D eigenvalue weighted by Gasteiger charge is 2.13. The quantitative estimate of drug-likeness (QED) is 0.715. The fourth-order valence-corrected chi connectivity index (χ4v) is 2.43. The molecule has 0 aliphatic rings. The Balaban J connectivity index is 2.32. The molecule has 2 heteroatoms. The molecule has 1 aromatic carbocycles. The summed E-state index contributed by atoms with van der Waals surface area (Å²) in [5.41, 5.74) is 2.45. The van der Waals surface area contributed by atoms with Gasteiger partial charge in [-0.05, 0) is 28.0 Å². The lowest BCUT2D eigenvalue weighted by molar-refractivity contribution is -0.108. The highest BCUT2D eigenvalue weighted by atomic mass is 32.1. The van der Waals surface area contributed by atoms with E-state index in [-0.39, 0.29) is 5.92 Å². The lowest BCUT2D eigenvalue weighted by Crippen LogP contribution is -2.00. The van der Waals surface area contributed by atoms with E-state index in [1.54, 1.807) is 11.3 Å². The largest absolute Gasteiger partial charge is 0.303 e. The Morgan fingerprint density at radius 1 is 1.13 bits per heavy atom. The summed E-state index contributed by atoms with van der Waals surface area (Å²) < 4.78 is 0. The fourth-order valence-electron chi connectivity index (χ4n) is 1.72. The van der Waals surface area contributed by atoms with E-state index >= 15 is 0 Å². The van der Waals surface area contributed by atoms with Crippen LogP contribution in [0.25, 0.3) is 0 Å². The van der Waals surface area contributed by atoms with Gasteiger partial charge in [-0.25, -0.2) is 0 Å². The second kappa shape index (κ2) is 4.89. The molecule has 0 aliphatic heterocycles. The predicted octanol–water partition coefficient (Wildman–Crippen LogP) is 3.47. The van der Waals surface area contributed by atoms with Gasteiger partial charge in [0.05, 0.1) is 0 Å². The minimum Gasteiger partial charge on any atom is -0.303 e. The third-order valence-corrected chi connectivity index (χ3v) is 3.18. The molecule has 1 heterocycles. The van der Waals surface area contributed by atoms with Gasteiger partial charge in [0.1, 0.15) is 6.29 Å². The van der Waals surface area contributed by atoms with Crippen molar-refractivity contribution in [1.82, 2.24) is 0 Å². The van der Waals surface area contributed by atoms with E-state index in [2.05, 4.69) is 29.0 Å². The molecule has 1 aromatic heterocycles. The van der Waals surface area contributed by atoms with Gasteiger partial charge in [-0.15, -0.1) is 0 Å². The summed E-state index contributed by atoms with van der Waals surface area (Å²) in [4.78, 5) is 10.7. The first-order chi connectivity index (χ1) is 7.42. The molecule has 0 saturated heterocycles. The molecule has 0 fully saturated rings. The van der Waals surface area contributed by atoms with Gasteiger partial charge in [-0.1, -0.05) is 30.3 Å². The predicted molar refractivity (Wildman–Crippen MR) is 63.3 cm³/mol. The van der Waals surface area contributed by atoms with Crippen molar-refractivity contribution in [2.75, 3.05) is 0 Å². The average molecular weight is 216 g/mol. The maximum Gasteiger partial charge on any atom is 0.120 e. The van der Waals surface area contributed by atoms with Gasteiger partial charge in [0.2, 0.25) is 0 Å². The monoisotopic (exact) mass is 216 g/mol. The van der Waals surface area contributed by atoms with Crippen molar-refractivity contribution in [3.8, 4) is 0 Å². The molecule has 0 saturated carbocycles. The average Bonchev–Trinajstić information content (AvgIpc) is 2.80. The number of benzene rings is 1. The molecule has 0 unspecified atom stereocenters. The van der Waals surface area contributed by atoms with Gasteiger partial charge < -0.3 is 4.79 Å². The van der Waals surface area contributed by atoms with Crippen LogP contribution in [0.15, 0.2) is 47.2 Å². The Morgan fingerprint density at radius 3 is 2.53 bits per heavy atom. The Morgan fingerprint density at radius 2 is 1.93 bits per heavy atom. The van der Waals surface area contributed by atoms with Crippen LogP contribution < -0.4 is 0 Å². The van der Waals surface area contributed by atoms with Gasteiger partial charge in [-0.2, -0.15) is 11.3 Å². The normalized spacial score (nSPS) is 12.3. The minimum atomic E-state index is 0.218. The second-order valence-electron chi connectivity index (χ2n) is 3.42. The zero-order valence-corrected chi connectivity index (χ0v) is 9.11. The van der Waals surface area contributed by atoms with Crippen molar-refractivity contribution >= 4 is 17.6 Å². The van der Waals surface area contributed by atoms with Crippen molar-refractivity contribution in [2.24, 2.45) is 0 Å². The Hall–Kier alpha value is -1.41. The van der Waals surface area contributed by atoms with Gasteiger partial charge in [0, 0.05) is 12.3 Å². The lowest BCUT2D eigenvalue weighted by Gasteiger charge is -2.12. The Labute approximate surface area is 93.4 Å². The molecule has 0 radical (unpaired) electrons. The molecular formula is C13H12OS. The van der Waals surface area contributed by atoms with Crippen molar-refractivity contribution in [3.05, 3.63) is 58.3 Å². The van der Waals surface area contributed by atoms with Gasteiger partial charge in [0.25, 0.3) is 0 Å². The minimum absolute atomic E-state index is 0.218. The molecule has 0 amide bonds. The lowest BCUT2D eigenvalue weighted by atomic mass is 9.91. The maximum absolute atomic E-state index is 10.7. The van der Waals surface area contributed by atoms with Gasteiger partial charge in [-0.3, -0.25) is 0 Å². The molecule has 0 bridgehead atoms. The third kappa shape index (κ3) is 2.34. The number of carbonyl (C=O) groups is 1. The topological polar surface area (TPSA) is 17.1 Å². The summed E-state index contributed by atoms with van der Waals surface area (Å²) in [6.45, 7) is 0. The highest BCUT2D eigenvalue weighted by molar-refractivity contribution is 7.08. The maximum atomic E-state index is 10.7. The molecular weight excluding hydrogens is 204 g/mol.